The van der Waals surface area contributed by atoms with Gasteiger partial charge in [-0.05, 0) is 33.6 Å². The molecule has 0 aromatic heterocycles. The first-order valence-electron chi connectivity index (χ1n) is 5.21. The van der Waals surface area contributed by atoms with Crippen molar-refractivity contribution >= 4 is 11.7 Å². The van der Waals surface area contributed by atoms with Crippen LogP contribution >= 0.6 is 0 Å². The third-order valence-corrected chi connectivity index (χ3v) is 1.78. The van der Waals surface area contributed by atoms with Crippen molar-refractivity contribution in [1.82, 2.24) is 10.6 Å². The van der Waals surface area contributed by atoms with Crippen molar-refractivity contribution in [2.45, 2.75) is 45.8 Å². The highest BCUT2D eigenvalue weighted by Gasteiger charge is 2.14. The lowest BCUT2D eigenvalue weighted by Crippen LogP contribution is -2.39. The Bertz CT molecular complexity index is 217. The number of carbonyl (C=O) groups excluding carboxylic acids is 1. The van der Waals surface area contributed by atoms with E-state index in [1.165, 1.54) is 0 Å². The van der Waals surface area contributed by atoms with Gasteiger partial charge in [0.15, 0.2) is 0 Å². The molecule has 88 valence electrons. The Morgan fingerprint density at radius 3 is 2.53 bits per heavy atom. The smallest absolute Gasteiger partial charge is 0.249 e. The molecule has 0 aliphatic rings. The van der Waals surface area contributed by atoms with Gasteiger partial charge in [0.2, 0.25) is 5.91 Å². The fourth-order valence-electron chi connectivity index (χ4n) is 1.08. The van der Waals surface area contributed by atoms with Crippen LogP contribution in [0, 0.1) is 5.41 Å². The molecule has 15 heavy (non-hydrogen) atoms. The average Bonchev–Trinajstić information content (AvgIpc) is 2.10. The number of hydrogen-bond acceptors (Lipinski definition) is 3. The second-order valence-corrected chi connectivity index (χ2v) is 3.87. The van der Waals surface area contributed by atoms with Gasteiger partial charge < -0.3 is 15.7 Å². The zero-order valence-corrected chi connectivity index (χ0v) is 9.63. The van der Waals surface area contributed by atoms with E-state index in [-0.39, 0.29) is 11.9 Å². The van der Waals surface area contributed by atoms with Crippen molar-refractivity contribution < 1.29 is 9.90 Å². The first-order chi connectivity index (χ1) is 6.93. The van der Waals surface area contributed by atoms with E-state index in [0.717, 1.165) is 0 Å². The molecule has 0 aromatic carbocycles. The number of aliphatic hydroxyl groups excluding tert-OH is 1. The van der Waals surface area contributed by atoms with Gasteiger partial charge in [0.1, 0.15) is 6.10 Å². The number of aliphatic hydroxyl groups is 1. The maximum absolute atomic E-state index is 11.3. The Balaban J connectivity index is 3.60. The fraction of sp³-hybridized carbons (Fsp3) is 0.800. The number of rotatable bonds is 6. The molecular formula is C10H21N3O2. The van der Waals surface area contributed by atoms with Crippen molar-refractivity contribution in [2.24, 2.45) is 0 Å². The van der Waals surface area contributed by atoms with Crippen LogP contribution in [0.1, 0.15) is 33.6 Å². The van der Waals surface area contributed by atoms with Gasteiger partial charge in [0.05, 0.1) is 5.84 Å². The van der Waals surface area contributed by atoms with Crippen LogP contribution in [0.2, 0.25) is 0 Å². The molecule has 5 nitrogen and oxygen atoms in total. The van der Waals surface area contributed by atoms with Crippen LogP contribution in [0.15, 0.2) is 0 Å². The molecule has 0 saturated carbocycles. The van der Waals surface area contributed by atoms with E-state index in [4.69, 9.17) is 5.41 Å². The fourth-order valence-corrected chi connectivity index (χ4v) is 1.08. The number of amides is 1. The quantitative estimate of drug-likeness (QED) is 0.291. The van der Waals surface area contributed by atoms with Crippen LogP contribution in [0.4, 0.5) is 0 Å². The summed E-state index contributed by atoms with van der Waals surface area (Å²) in [5.74, 6) is 0.0766. The predicted octanol–water partition coefficient (Wildman–Crippen LogP) is 0.239. The number of carbonyl (C=O) groups is 1. The van der Waals surface area contributed by atoms with Crippen molar-refractivity contribution in [3.63, 3.8) is 0 Å². The van der Waals surface area contributed by atoms with Gasteiger partial charge in [-0.1, -0.05) is 0 Å². The normalized spacial score (nSPS) is 12.3. The summed E-state index contributed by atoms with van der Waals surface area (Å²) < 4.78 is 0. The highest BCUT2D eigenvalue weighted by molar-refractivity contribution is 5.80. The van der Waals surface area contributed by atoms with Gasteiger partial charge >= 0.3 is 0 Å². The highest BCUT2D eigenvalue weighted by atomic mass is 16.3. The lowest BCUT2D eigenvalue weighted by molar-refractivity contribution is -0.130. The van der Waals surface area contributed by atoms with Gasteiger partial charge in [-0.3, -0.25) is 10.2 Å². The molecule has 0 saturated heterocycles. The molecule has 0 spiro atoms. The number of amidine groups is 1. The number of hydrogen-bond donors (Lipinski definition) is 4. The van der Waals surface area contributed by atoms with Crippen molar-refractivity contribution in [3.05, 3.63) is 0 Å². The SMILES string of the molecule is CC(=N)NCCCC(O)C(=O)NC(C)C. The summed E-state index contributed by atoms with van der Waals surface area (Å²) in [6.45, 7) is 5.97. The molecule has 0 aliphatic heterocycles. The molecule has 0 bridgehead atoms. The van der Waals surface area contributed by atoms with Crippen molar-refractivity contribution in [3.8, 4) is 0 Å². The zero-order valence-electron chi connectivity index (χ0n) is 9.63. The highest BCUT2D eigenvalue weighted by Crippen LogP contribution is 1.97. The number of nitrogens with one attached hydrogen (secondary N) is 3. The molecule has 1 unspecified atom stereocenters. The average molecular weight is 215 g/mol. The van der Waals surface area contributed by atoms with Crippen LogP contribution in [0.5, 0.6) is 0 Å². The topological polar surface area (TPSA) is 85.2 Å². The molecule has 0 heterocycles. The van der Waals surface area contributed by atoms with E-state index in [0.29, 0.717) is 25.2 Å². The Labute approximate surface area is 90.8 Å². The second kappa shape index (κ2) is 7.23. The van der Waals surface area contributed by atoms with E-state index in [1.54, 1.807) is 6.92 Å². The van der Waals surface area contributed by atoms with Crippen molar-refractivity contribution in [1.29, 1.82) is 5.41 Å². The monoisotopic (exact) mass is 215 g/mol. The minimum absolute atomic E-state index is 0.0501. The zero-order chi connectivity index (χ0) is 11.8. The first kappa shape index (κ1) is 13.9. The third-order valence-electron chi connectivity index (χ3n) is 1.78. The molecule has 0 aliphatic carbocycles. The lowest BCUT2D eigenvalue weighted by Gasteiger charge is -2.13. The molecular weight excluding hydrogens is 194 g/mol. The molecule has 4 N–H and O–H groups in total. The van der Waals surface area contributed by atoms with E-state index < -0.39 is 6.10 Å². The van der Waals surface area contributed by atoms with Crippen LogP contribution < -0.4 is 10.6 Å². The van der Waals surface area contributed by atoms with E-state index >= 15 is 0 Å². The van der Waals surface area contributed by atoms with Crippen molar-refractivity contribution in [2.75, 3.05) is 6.54 Å². The molecule has 0 rings (SSSR count). The summed E-state index contributed by atoms with van der Waals surface area (Å²) in [5, 5.41) is 22.0. The minimum atomic E-state index is -0.944. The van der Waals surface area contributed by atoms with Gasteiger partial charge in [-0.2, -0.15) is 0 Å². The summed E-state index contributed by atoms with van der Waals surface area (Å²) in [4.78, 5) is 11.3. The Hall–Kier alpha value is -1.10. The summed E-state index contributed by atoms with van der Waals surface area (Å²) in [7, 11) is 0. The maximum Gasteiger partial charge on any atom is 0.249 e. The van der Waals surface area contributed by atoms with Gasteiger partial charge in [0, 0.05) is 12.6 Å². The largest absolute Gasteiger partial charge is 0.383 e. The Kier molecular flexibility index (Phi) is 6.70. The molecule has 1 amide bonds. The van der Waals surface area contributed by atoms with Crippen LogP contribution in [-0.2, 0) is 4.79 Å². The molecule has 0 radical (unpaired) electrons. The third kappa shape index (κ3) is 7.93. The maximum atomic E-state index is 11.3. The van der Waals surface area contributed by atoms with E-state index in [9.17, 15) is 9.90 Å². The minimum Gasteiger partial charge on any atom is -0.383 e. The first-order valence-corrected chi connectivity index (χ1v) is 5.21. The molecule has 0 aromatic rings. The second-order valence-electron chi connectivity index (χ2n) is 3.87. The summed E-state index contributed by atoms with van der Waals surface area (Å²) >= 11 is 0. The predicted molar refractivity (Wildman–Crippen MR) is 59.9 cm³/mol. The van der Waals surface area contributed by atoms with E-state index in [2.05, 4.69) is 10.6 Å². The molecule has 0 fully saturated rings. The summed E-state index contributed by atoms with van der Waals surface area (Å²) in [6, 6.07) is 0.0501. The Morgan fingerprint density at radius 1 is 1.47 bits per heavy atom. The Morgan fingerprint density at radius 2 is 2.07 bits per heavy atom. The lowest BCUT2D eigenvalue weighted by atomic mass is 10.2. The van der Waals surface area contributed by atoms with E-state index in [1.807, 2.05) is 13.8 Å². The van der Waals surface area contributed by atoms with Crippen LogP contribution in [0.3, 0.4) is 0 Å². The standard InChI is InChI=1S/C10H21N3O2/c1-7(2)13-10(15)9(14)5-4-6-12-8(3)11/h7,9,14H,4-6H2,1-3H3,(H2,11,12)(H,13,15). The van der Waals surface area contributed by atoms with Gasteiger partial charge in [0.25, 0.3) is 0 Å². The molecule has 1 atom stereocenters. The summed E-state index contributed by atoms with van der Waals surface area (Å²) in [5.41, 5.74) is 0. The van der Waals surface area contributed by atoms with Gasteiger partial charge in [-0.25, -0.2) is 0 Å². The van der Waals surface area contributed by atoms with Crippen LogP contribution in [-0.4, -0.2) is 35.5 Å². The molecule has 5 heteroatoms. The van der Waals surface area contributed by atoms with Crippen LogP contribution in [0.25, 0.3) is 0 Å². The van der Waals surface area contributed by atoms with Gasteiger partial charge in [-0.15, -0.1) is 0 Å². The summed E-state index contributed by atoms with van der Waals surface area (Å²) in [6.07, 6.45) is 0.141.